The zero-order valence-electron chi connectivity index (χ0n) is 11.2. The van der Waals surface area contributed by atoms with E-state index in [0.29, 0.717) is 0 Å². The lowest BCUT2D eigenvalue weighted by Gasteiger charge is -2.22. The topological polar surface area (TPSA) is 78.4 Å². The summed E-state index contributed by atoms with van der Waals surface area (Å²) in [6, 6.07) is 4.87. The lowest BCUT2D eigenvalue weighted by molar-refractivity contribution is -0.275. The number of benzene rings is 1. The van der Waals surface area contributed by atoms with Gasteiger partial charge in [0.25, 0.3) is 5.88 Å². The number of alkyl halides is 3. The van der Waals surface area contributed by atoms with E-state index >= 15 is 0 Å². The molecular weight excluding hydrogens is 317 g/mol. The molecule has 9 heteroatoms. The maximum Gasteiger partial charge on any atom is 0.573 e. The lowest BCUT2D eigenvalue weighted by Crippen LogP contribution is -2.33. The Morgan fingerprint density at radius 3 is 2.52 bits per heavy atom. The number of Topliss-reactive ketones (excluding diaryl/α,β-unsaturated/α-hetero) is 1. The summed E-state index contributed by atoms with van der Waals surface area (Å²) in [5, 5.41) is 0. The first kappa shape index (κ1) is 14.9. The molecule has 6 nitrogen and oxygen atoms in total. The van der Waals surface area contributed by atoms with Crippen LogP contribution >= 0.6 is 0 Å². The fourth-order valence-electron chi connectivity index (χ4n) is 2.17. The zero-order valence-corrected chi connectivity index (χ0v) is 11.2. The van der Waals surface area contributed by atoms with E-state index in [9.17, 15) is 22.8 Å². The number of nitrogens with zero attached hydrogens (tertiary/aromatic N) is 2. The summed E-state index contributed by atoms with van der Waals surface area (Å²) < 4.78 is 46.2. The molecule has 1 aromatic carbocycles. The number of fused-ring (bicyclic) bond motifs is 1. The number of esters is 1. The molecule has 118 valence electrons. The minimum Gasteiger partial charge on any atom is -0.405 e. The van der Waals surface area contributed by atoms with Crippen LogP contribution in [0.4, 0.5) is 13.2 Å². The molecular formula is C14H7F3N2O4. The van der Waals surface area contributed by atoms with Crippen molar-refractivity contribution in [3.8, 4) is 11.6 Å². The van der Waals surface area contributed by atoms with Gasteiger partial charge in [-0.25, -0.2) is 9.97 Å². The van der Waals surface area contributed by atoms with Crippen molar-refractivity contribution in [3.05, 3.63) is 47.9 Å². The van der Waals surface area contributed by atoms with Crippen molar-refractivity contribution >= 4 is 11.8 Å². The zero-order chi connectivity index (χ0) is 16.6. The Balaban J connectivity index is 2.06. The number of hydrogen-bond acceptors (Lipinski definition) is 6. The molecule has 3 rings (SSSR count). The van der Waals surface area contributed by atoms with Gasteiger partial charge in [-0.1, -0.05) is 18.2 Å². The van der Waals surface area contributed by atoms with Crippen LogP contribution in [0.15, 0.2) is 36.7 Å². The average Bonchev–Trinajstić information content (AvgIpc) is 2.47. The van der Waals surface area contributed by atoms with Crippen LogP contribution in [-0.4, -0.2) is 28.1 Å². The van der Waals surface area contributed by atoms with E-state index < -0.39 is 29.8 Å². The molecule has 1 aliphatic rings. The molecule has 23 heavy (non-hydrogen) atoms. The van der Waals surface area contributed by atoms with Gasteiger partial charge < -0.3 is 9.47 Å². The van der Waals surface area contributed by atoms with Crippen molar-refractivity contribution in [2.24, 2.45) is 0 Å². The Hall–Kier alpha value is -2.97. The van der Waals surface area contributed by atoms with Crippen LogP contribution in [0.3, 0.4) is 0 Å². The molecule has 0 aliphatic carbocycles. The standard InChI is InChI=1S/C14H7F3N2O4/c15-14(16,17)23-8-4-2-1-3-7(8)9-11(20)10-12(22-13(9)21)19-6-5-18-10/h1-6,9H. The highest BCUT2D eigenvalue weighted by Crippen LogP contribution is 2.36. The summed E-state index contributed by atoms with van der Waals surface area (Å²) in [7, 11) is 0. The fourth-order valence-corrected chi connectivity index (χ4v) is 2.17. The predicted molar refractivity (Wildman–Crippen MR) is 67.9 cm³/mol. The number of carbonyl (C=O) groups excluding carboxylic acids is 2. The third-order valence-corrected chi connectivity index (χ3v) is 3.05. The van der Waals surface area contributed by atoms with Crippen LogP contribution < -0.4 is 9.47 Å². The Bertz CT molecular complexity index is 792. The van der Waals surface area contributed by atoms with Gasteiger partial charge in [0.1, 0.15) is 5.75 Å². The molecule has 0 amide bonds. The van der Waals surface area contributed by atoms with Crippen molar-refractivity contribution in [2.75, 3.05) is 0 Å². The third kappa shape index (κ3) is 2.85. The molecule has 0 N–H and O–H groups in total. The molecule has 0 saturated heterocycles. The van der Waals surface area contributed by atoms with E-state index in [-0.39, 0.29) is 17.1 Å². The van der Waals surface area contributed by atoms with E-state index in [1.165, 1.54) is 30.6 Å². The van der Waals surface area contributed by atoms with Gasteiger partial charge >= 0.3 is 12.3 Å². The number of ether oxygens (including phenoxy) is 2. The Kier molecular flexibility index (Phi) is 3.47. The highest BCUT2D eigenvalue weighted by atomic mass is 19.4. The second kappa shape index (κ2) is 5.34. The molecule has 1 aromatic heterocycles. The Morgan fingerprint density at radius 2 is 1.78 bits per heavy atom. The summed E-state index contributed by atoms with van der Waals surface area (Å²) in [6.45, 7) is 0. The number of halogens is 3. The number of rotatable bonds is 2. The van der Waals surface area contributed by atoms with Crippen molar-refractivity contribution in [3.63, 3.8) is 0 Å². The van der Waals surface area contributed by atoms with Crippen molar-refractivity contribution < 1.29 is 32.2 Å². The SMILES string of the molecule is O=C1Oc2nccnc2C(=O)C1c1ccccc1OC(F)(F)F. The minimum atomic E-state index is -4.96. The van der Waals surface area contributed by atoms with Gasteiger partial charge in [0, 0.05) is 18.0 Å². The van der Waals surface area contributed by atoms with Gasteiger partial charge in [-0.05, 0) is 6.07 Å². The van der Waals surface area contributed by atoms with E-state index in [0.717, 1.165) is 6.07 Å². The van der Waals surface area contributed by atoms with Crippen molar-refractivity contribution in [1.82, 2.24) is 9.97 Å². The number of aromatic nitrogens is 2. The average molecular weight is 324 g/mol. The predicted octanol–water partition coefficient (Wildman–Crippen LogP) is 2.26. The second-order valence-electron chi connectivity index (χ2n) is 4.51. The highest BCUT2D eigenvalue weighted by Gasteiger charge is 2.42. The molecule has 2 aromatic rings. The van der Waals surface area contributed by atoms with Gasteiger partial charge in [0.05, 0.1) is 0 Å². The smallest absolute Gasteiger partial charge is 0.405 e. The van der Waals surface area contributed by atoms with Gasteiger partial charge in [0.2, 0.25) is 5.78 Å². The summed E-state index contributed by atoms with van der Waals surface area (Å²) in [6.07, 6.45) is -2.53. The van der Waals surface area contributed by atoms with Gasteiger partial charge in [-0.3, -0.25) is 9.59 Å². The first-order chi connectivity index (χ1) is 10.9. The summed E-state index contributed by atoms with van der Waals surface area (Å²) >= 11 is 0. The highest BCUT2D eigenvalue weighted by molar-refractivity contribution is 6.16. The third-order valence-electron chi connectivity index (χ3n) is 3.05. The van der Waals surface area contributed by atoms with Crippen molar-refractivity contribution in [2.45, 2.75) is 12.3 Å². The largest absolute Gasteiger partial charge is 0.573 e. The Morgan fingerprint density at radius 1 is 1.09 bits per heavy atom. The van der Waals surface area contributed by atoms with Crippen LogP contribution in [0.25, 0.3) is 0 Å². The molecule has 1 atom stereocenters. The number of para-hydroxylation sites is 1. The lowest BCUT2D eigenvalue weighted by atomic mass is 9.90. The van der Waals surface area contributed by atoms with Crippen LogP contribution in [0.2, 0.25) is 0 Å². The molecule has 0 saturated carbocycles. The molecule has 0 fully saturated rings. The fraction of sp³-hybridized carbons (Fsp3) is 0.143. The molecule has 0 bridgehead atoms. The van der Waals surface area contributed by atoms with Gasteiger partial charge in [-0.2, -0.15) is 0 Å². The molecule has 2 heterocycles. The minimum absolute atomic E-state index is 0.223. The van der Waals surface area contributed by atoms with Gasteiger partial charge in [0.15, 0.2) is 11.6 Å². The first-order valence-electron chi connectivity index (χ1n) is 6.28. The van der Waals surface area contributed by atoms with E-state index in [4.69, 9.17) is 4.74 Å². The number of hydrogen-bond donors (Lipinski definition) is 0. The normalized spacial score (nSPS) is 17.4. The summed E-state index contributed by atoms with van der Waals surface area (Å²) in [5.74, 6) is -4.36. The van der Waals surface area contributed by atoms with Crippen LogP contribution in [0, 0.1) is 0 Å². The first-order valence-corrected chi connectivity index (χ1v) is 6.28. The van der Waals surface area contributed by atoms with Crippen LogP contribution in [-0.2, 0) is 4.79 Å². The van der Waals surface area contributed by atoms with Crippen LogP contribution in [0.5, 0.6) is 11.6 Å². The van der Waals surface area contributed by atoms with E-state index in [1.54, 1.807) is 0 Å². The maximum atomic E-state index is 12.5. The van der Waals surface area contributed by atoms with Crippen molar-refractivity contribution in [1.29, 1.82) is 0 Å². The maximum absolute atomic E-state index is 12.5. The summed E-state index contributed by atoms with van der Waals surface area (Å²) in [4.78, 5) is 31.9. The van der Waals surface area contributed by atoms with Crippen LogP contribution in [0.1, 0.15) is 22.0 Å². The van der Waals surface area contributed by atoms with Gasteiger partial charge in [-0.15, -0.1) is 13.2 Å². The molecule has 0 radical (unpaired) electrons. The monoisotopic (exact) mass is 324 g/mol. The van der Waals surface area contributed by atoms with E-state index in [2.05, 4.69) is 14.7 Å². The summed E-state index contributed by atoms with van der Waals surface area (Å²) in [5.41, 5.74) is -0.477. The second-order valence-corrected chi connectivity index (χ2v) is 4.51. The molecule has 0 spiro atoms. The molecule has 1 unspecified atom stereocenters. The quantitative estimate of drug-likeness (QED) is 0.623. The Labute approximate surface area is 126 Å². The van der Waals surface area contributed by atoms with E-state index in [1.807, 2.05) is 0 Å². The molecule has 1 aliphatic heterocycles. The number of carbonyl (C=O) groups is 2. The number of ketones is 1.